The van der Waals surface area contributed by atoms with E-state index in [0.29, 0.717) is 15.7 Å². The van der Waals surface area contributed by atoms with Gasteiger partial charge in [-0.1, -0.05) is 58.6 Å². The predicted octanol–water partition coefficient (Wildman–Crippen LogP) is 6.36. The van der Waals surface area contributed by atoms with E-state index in [4.69, 9.17) is 23.2 Å². The molecule has 1 heterocycles. The Hall–Kier alpha value is -3.59. The van der Waals surface area contributed by atoms with Gasteiger partial charge in [-0.2, -0.15) is 5.10 Å². The summed E-state index contributed by atoms with van der Waals surface area (Å²) < 4.78 is 30.1. The van der Waals surface area contributed by atoms with Gasteiger partial charge in [-0.25, -0.2) is 13.8 Å². The largest absolute Gasteiger partial charge is 0.316 e. The highest BCUT2D eigenvalue weighted by Gasteiger charge is 2.27. The summed E-state index contributed by atoms with van der Waals surface area (Å²) in [6.45, 7) is 7.18. The number of aryl methyl sites for hydroxylation is 3. The first kappa shape index (κ1) is 28.4. The molecule has 202 valence electrons. The van der Waals surface area contributed by atoms with Crippen molar-refractivity contribution in [1.82, 2.24) is 9.99 Å². The van der Waals surface area contributed by atoms with Crippen LogP contribution < -0.4 is 9.73 Å². The number of hydrogen-bond donors (Lipinski definition) is 1. The van der Waals surface area contributed by atoms with Gasteiger partial charge < -0.3 is 4.57 Å². The Labute approximate surface area is 238 Å². The van der Waals surface area contributed by atoms with Crippen molar-refractivity contribution in [3.8, 4) is 5.69 Å². The molecular weight excluding hydrogens is 555 g/mol. The van der Waals surface area contributed by atoms with Crippen LogP contribution in [-0.4, -0.2) is 31.7 Å². The lowest BCUT2D eigenvalue weighted by Crippen LogP contribution is -2.39. The Morgan fingerprint density at radius 3 is 2.15 bits per heavy atom. The van der Waals surface area contributed by atoms with Crippen molar-refractivity contribution >= 4 is 51.0 Å². The van der Waals surface area contributed by atoms with Gasteiger partial charge in [0.05, 0.1) is 27.5 Å². The first-order chi connectivity index (χ1) is 18.5. The van der Waals surface area contributed by atoms with E-state index in [2.05, 4.69) is 10.5 Å². The zero-order chi connectivity index (χ0) is 28.3. The summed E-state index contributed by atoms with van der Waals surface area (Å²) in [6.07, 6.45) is 1.52. The molecule has 1 amide bonds. The molecule has 3 aromatic carbocycles. The average Bonchev–Trinajstić information content (AvgIpc) is 3.16. The molecule has 0 bridgehead atoms. The molecule has 1 aromatic heterocycles. The molecule has 0 radical (unpaired) electrons. The maximum Gasteiger partial charge on any atom is 0.264 e. The lowest BCUT2D eigenvalue weighted by Gasteiger charge is -2.24. The van der Waals surface area contributed by atoms with Crippen molar-refractivity contribution in [3.63, 3.8) is 0 Å². The van der Waals surface area contributed by atoms with E-state index in [1.165, 1.54) is 18.3 Å². The summed E-state index contributed by atoms with van der Waals surface area (Å²) in [7, 11) is -4.01. The minimum Gasteiger partial charge on any atom is -0.316 e. The fraction of sp³-hybridized carbons (Fsp3) is 0.172. The average molecular weight is 584 g/mol. The first-order valence-electron chi connectivity index (χ1n) is 12.1. The number of carbonyl (C=O) groups excluding carboxylic acids is 1. The predicted molar refractivity (Wildman–Crippen MR) is 158 cm³/mol. The summed E-state index contributed by atoms with van der Waals surface area (Å²) in [5.74, 6) is -0.586. The van der Waals surface area contributed by atoms with Gasteiger partial charge in [-0.05, 0) is 76.2 Å². The summed E-state index contributed by atoms with van der Waals surface area (Å²) >= 11 is 12.5. The van der Waals surface area contributed by atoms with Crippen molar-refractivity contribution < 1.29 is 13.2 Å². The highest BCUT2D eigenvalue weighted by atomic mass is 35.5. The molecule has 0 unspecified atom stereocenters. The number of halogens is 2. The number of rotatable bonds is 8. The van der Waals surface area contributed by atoms with Crippen molar-refractivity contribution in [2.75, 3.05) is 10.8 Å². The maximum absolute atomic E-state index is 13.5. The molecule has 10 heteroatoms. The lowest BCUT2D eigenvalue weighted by atomic mass is 10.2. The van der Waals surface area contributed by atoms with Crippen LogP contribution in [-0.2, 0) is 14.8 Å². The Balaban J connectivity index is 1.56. The summed E-state index contributed by atoms with van der Waals surface area (Å²) in [5, 5.41) is 5.15. The van der Waals surface area contributed by atoms with E-state index in [-0.39, 0.29) is 4.90 Å². The van der Waals surface area contributed by atoms with Gasteiger partial charge in [0.2, 0.25) is 0 Å². The second-order valence-corrected chi connectivity index (χ2v) is 11.9. The van der Waals surface area contributed by atoms with Gasteiger partial charge in [0.25, 0.3) is 15.9 Å². The van der Waals surface area contributed by atoms with E-state index in [1.54, 1.807) is 48.5 Å². The highest BCUT2D eigenvalue weighted by Crippen LogP contribution is 2.28. The zero-order valence-corrected chi connectivity index (χ0v) is 24.3. The number of aromatic nitrogens is 1. The normalized spacial score (nSPS) is 11.6. The van der Waals surface area contributed by atoms with Gasteiger partial charge >= 0.3 is 0 Å². The van der Waals surface area contributed by atoms with Crippen molar-refractivity contribution in [3.05, 3.63) is 111 Å². The topological polar surface area (TPSA) is 83.8 Å². The zero-order valence-electron chi connectivity index (χ0n) is 21.9. The first-order valence-corrected chi connectivity index (χ1v) is 14.3. The van der Waals surface area contributed by atoms with Crippen LogP contribution in [0, 0.1) is 27.7 Å². The highest BCUT2D eigenvalue weighted by molar-refractivity contribution is 7.92. The Morgan fingerprint density at radius 2 is 1.54 bits per heavy atom. The minimum absolute atomic E-state index is 0.0956. The molecule has 0 saturated carbocycles. The molecule has 1 N–H and O–H groups in total. The number of anilines is 1. The number of nitrogens with zero attached hydrogens (tertiary/aromatic N) is 3. The maximum atomic E-state index is 13.5. The third-order valence-corrected chi connectivity index (χ3v) is 8.56. The lowest BCUT2D eigenvalue weighted by molar-refractivity contribution is -0.119. The SMILES string of the molecule is Cc1ccc(N(CC(=O)N/N=C/c2cc(C)n(-c3ccc(Cl)cc3Cl)c2C)S(=O)(=O)c2ccc(C)cc2)cc1. The van der Waals surface area contributed by atoms with Crippen LogP contribution in [0.25, 0.3) is 5.69 Å². The number of benzene rings is 3. The van der Waals surface area contributed by atoms with Crippen molar-refractivity contribution in [2.45, 2.75) is 32.6 Å². The molecule has 7 nitrogen and oxygen atoms in total. The monoisotopic (exact) mass is 582 g/mol. The standard InChI is InChI=1S/C29H28Cl2N4O3S/c1-19-5-10-25(11-6-19)34(39(37,38)26-12-7-20(2)8-13-26)18-29(36)33-32-17-23-15-21(3)35(22(23)4)28-14-9-24(30)16-27(28)31/h5-17H,18H2,1-4H3,(H,33,36)/b32-17+. The van der Waals surface area contributed by atoms with Gasteiger partial charge in [0.15, 0.2) is 0 Å². The molecule has 0 saturated heterocycles. The third-order valence-electron chi connectivity index (χ3n) is 6.23. The van der Waals surface area contributed by atoms with Crippen molar-refractivity contribution in [1.29, 1.82) is 0 Å². The number of nitrogens with one attached hydrogen (secondary N) is 1. The van der Waals surface area contributed by atoms with E-state index < -0.39 is 22.5 Å². The summed E-state index contributed by atoms with van der Waals surface area (Å²) in [5.41, 5.74) is 8.05. The van der Waals surface area contributed by atoms with Crippen LogP contribution in [0.5, 0.6) is 0 Å². The molecule has 0 aliphatic rings. The molecule has 0 aliphatic heterocycles. The molecule has 39 heavy (non-hydrogen) atoms. The molecule has 0 spiro atoms. The Kier molecular flexibility index (Phi) is 8.49. The van der Waals surface area contributed by atoms with Crippen LogP contribution in [0.1, 0.15) is 28.1 Å². The number of carbonyl (C=O) groups is 1. The number of sulfonamides is 1. The number of amides is 1. The summed E-state index contributed by atoms with van der Waals surface area (Å²) in [6, 6.07) is 20.6. The Morgan fingerprint density at radius 1 is 0.923 bits per heavy atom. The second kappa shape index (κ2) is 11.7. The molecule has 0 atom stereocenters. The third kappa shape index (κ3) is 6.36. The van der Waals surface area contributed by atoms with Crippen LogP contribution in [0.15, 0.2) is 82.8 Å². The van der Waals surface area contributed by atoms with Gasteiger partial charge in [-0.15, -0.1) is 0 Å². The van der Waals surface area contributed by atoms with Gasteiger partial charge in [0.1, 0.15) is 6.54 Å². The van der Waals surface area contributed by atoms with Crippen molar-refractivity contribution in [2.24, 2.45) is 5.10 Å². The smallest absolute Gasteiger partial charge is 0.264 e. The molecular formula is C29H28Cl2N4O3S. The van der Waals surface area contributed by atoms with Crippen LogP contribution in [0.4, 0.5) is 5.69 Å². The fourth-order valence-corrected chi connectivity index (χ4v) is 6.07. The minimum atomic E-state index is -4.01. The van der Waals surface area contributed by atoms with E-state index >= 15 is 0 Å². The van der Waals surface area contributed by atoms with Gasteiger partial charge in [0, 0.05) is 22.0 Å². The quantitative estimate of drug-likeness (QED) is 0.194. The van der Waals surface area contributed by atoms with E-state index in [9.17, 15) is 13.2 Å². The van der Waals surface area contributed by atoms with Crippen LogP contribution >= 0.6 is 23.2 Å². The van der Waals surface area contributed by atoms with Crippen LogP contribution in [0.2, 0.25) is 10.0 Å². The van der Waals surface area contributed by atoms with Gasteiger partial charge in [-0.3, -0.25) is 9.10 Å². The van der Waals surface area contributed by atoms with E-state index in [0.717, 1.165) is 38.1 Å². The summed E-state index contributed by atoms with van der Waals surface area (Å²) in [4.78, 5) is 13.0. The molecule has 0 fully saturated rings. The molecule has 4 aromatic rings. The number of hydrazone groups is 1. The van der Waals surface area contributed by atoms with Crippen LogP contribution in [0.3, 0.4) is 0 Å². The fourth-order valence-electron chi connectivity index (χ4n) is 4.15. The molecule has 0 aliphatic carbocycles. The van der Waals surface area contributed by atoms with E-state index in [1.807, 2.05) is 44.4 Å². The molecule has 4 rings (SSSR count). The second-order valence-electron chi connectivity index (χ2n) is 9.21. The number of hydrogen-bond acceptors (Lipinski definition) is 4. The Bertz CT molecular complexity index is 1650.